The molecule has 0 N–H and O–H groups in total. The van der Waals surface area contributed by atoms with E-state index >= 15 is 0 Å². The molecule has 7 heteroatoms. The Balaban J connectivity index is 1.33. The van der Waals surface area contributed by atoms with E-state index in [-0.39, 0.29) is 11.7 Å². The summed E-state index contributed by atoms with van der Waals surface area (Å²) >= 11 is 0. The van der Waals surface area contributed by atoms with Crippen LogP contribution in [0.25, 0.3) is 22.5 Å². The van der Waals surface area contributed by atoms with Crippen LogP contribution in [0.2, 0.25) is 0 Å². The number of pyridine rings is 1. The van der Waals surface area contributed by atoms with E-state index in [4.69, 9.17) is 0 Å². The van der Waals surface area contributed by atoms with Crippen molar-refractivity contribution in [3.8, 4) is 11.3 Å². The van der Waals surface area contributed by atoms with Crippen molar-refractivity contribution in [2.24, 2.45) is 13.0 Å². The third-order valence-electron chi connectivity index (χ3n) is 6.17. The van der Waals surface area contributed by atoms with Gasteiger partial charge in [-0.1, -0.05) is 36.9 Å². The van der Waals surface area contributed by atoms with E-state index < -0.39 is 0 Å². The lowest BCUT2D eigenvalue weighted by Gasteiger charge is -2.15. The van der Waals surface area contributed by atoms with Crippen LogP contribution < -0.4 is 0 Å². The minimum atomic E-state index is 0.0711. The quantitative estimate of drug-likeness (QED) is 0.387. The first-order valence-electron chi connectivity index (χ1n) is 11.3. The normalized spacial score (nSPS) is 13.7. The van der Waals surface area contributed by atoms with Gasteiger partial charge in [0.25, 0.3) is 0 Å². The van der Waals surface area contributed by atoms with Crippen LogP contribution in [-0.4, -0.2) is 42.1 Å². The van der Waals surface area contributed by atoms with E-state index in [0.29, 0.717) is 17.0 Å². The highest BCUT2D eigenvalue weighted by Gasteiger charge is 2.32. The van der Waals surface area contributed by atoms with Gasteiger partial charge >= 0.3 is 0 Å². The molecule has 33 heavy (non-hydrogen) atoms. The van der Waals surface area contributed by atoms with E-state index in [2.05, 4.69) is 71.0 Å². The fourth-order valence-corrected chi connectivity index (χ4v) is 4.09. The third kappa shape index (κ3) is 4.36. The Morgan fingerprint density at radius 3 is 2.55 bits per heavy atom. The lowest BCUT2D eigenvalue weighted by atomic mass is 10.1. The van der Waals surface area contributed by atoms with Gasteiger partial charge in [-0.2, -0.15) is 5.10 Å². The van der Waals surface area contributed by atoms with Gasteiger partial charge in [-0.3, -0.25) is 14.4 Å². The van der Waals surface area contributed by atoms with Crippen LogP contribution in [0, 0.1) is 12.8 Å². The predicted molar refractivity (Wildman–Crippen MR) is 128 cm³/mol. The second-order valence-electron chi connectivity index (χ2n) is 9.00. The van der Waals surface area contributed by atoms with Gasteiger partial charge in [-0.15, -0.1) is 5.10 Å². The van der Waals surface area contributed by atoms with Crippen molar-refractivity contribution in [2.75, 3.05) is 7.05 Å². The monoisotopic (exact) mass is 440 g/mol. The molecule has 0 radical (unpaired) electrons. The molecule has 1 aromatic carbocycles. The van der Waals surface area contributed by atoms with Crippen LogP contribution in [0.1, 0.15) is 35.6 Å². The molecule has 5 rings (SSSR count). The number of carbonyl (C=O) groups excluding carboxylic acids is 1. The van der Waals surface area contributed by atoms with Crippen molar-refractivity contribution < 1.29 is 4.79 Å². The molecule has 168 valence electrons. The largest absolute Gasteiger partial charge is 0.296 e. The molecule has 1 saturated carbocycles. The summed E-state index contributed by atoms with van der Waals surface area (Å²) in [5, 5.41) is 9.16. The van der Waals surface area contributed by atoms with Gasteiger partial charge in [0.15, 0.2) is 17.3 Å². The predicted octanol–water partition coefficient (Wildman–Crippen LogP) is 4.06. The van der Waals surface area contributed by atoms with Gasteiger partial charge in [-0.25, -0.2) is 9.50 Å². The average Bonchev–Trinajstić information content (AvgIpc) is 3.48. The third-order valence-corrected chi connectivity index (χ3v) is 6.17. The molecule has 0 bridgehead atoms. The number of ketones is 1. The van der Waals surface area contributed by atoms with E-state index in [0.717, 1.165) is 48.6 Å². The molecule has 0 amide bonds. The molecule has 1 aliphatic rings. The van der Waals surface area contributed by atoms with Crippen LogP contribution in [-0.2, 0) is 24.9 Å². The molecule has 3 heterocycles. The summed E-state index contributed by atoms with van der Waals surface area (Å²) < 4.78 is 3.70. The minimum absolute atomic E-state index is 0.0711. The number of hydrogen-bond acceptors (Lipinski definition) is 5. The number of allylic oxidation sites excluding steroid dienone is 1. The smallest absolute Gasteiger partial charge is 0.185 e. The van der Waals surface area contributed by atoms with Gasteiger partial charge in [-0.05, 0) is 50.6 Å². The van der Waals surface area contributed by atoms with E-state index in [1.807, 2.05) is 29.9 Å². The van der Waals surface area contributed by atoms with Crippen molar-refractivity contribution in [3.05, 3.63) is 77.9 Å². The number of fused-ring (bicyclic) bond motifs is 1. The molecule has 1 aliphatic carbocycles. The molecule has 4 aromatic rings. The van der Waals surface area contributed by atoms with E-state index in [9.17, 15) is 4.79 Å². The summed E-state index contributed by atoms with van der Waals surface area (Å²) in [5.41, 5.74) is 6.56. The summed E-state index contributed by atoms with van der Waals surface area (Å²) in [6, 6.07) is 16.5. The highest BCUT2D eigenvalue weighted by Crippen LogP contribution is 2.34. The summed E-state index contributed by atoms with van der Waals surface area (Å²) in [5.74, 6) is 0.597. The van der Waals surface area contributed by atoms with Crippen molar-refractivity contribution >= 4 is 17.0 Å². The Kier molecular flexibility index (Phi) is 5.42. The number of Topliss-reactive ketones (excluding diaryl/α,β-unsaturated/α-hetero) is 1. The minimum Gasteiger partial charge on any atom is -0.296 e. The Morgan fingerprint density at radius 2 is 1.88 bits per heavy atom. The Hall–Kier alpha value is -3.58. The Labute approximate surface area is 193 Å². The van der Waals surface area contributed by atoms with Crippen LogP contribution in [0.4, 0.5) is 0 Å². The molecule has 7 nitrogen and oxygen atoms in total. The van der Waals surface area contributed by atoms with Crippen LogP contribution in [0.15, 0.2) is 55.1 Å². The number of carbonyl (C=O) groups is 1. The van der Waals surface area contributed by atoms with Crippen molar-refractivity contribution in [2.45, 2.75) is 32.9 Å². The van der Waals surface area contributed by atoms with Gasteiger partial charge in [0, 0.05) is 37.3 Å². The fourth-order valence-electron chi connectivity index (χ4n) is 4.09. The van der Waals surface area contributed by atoms with Crippen molar-refractivity contribution in [1.29, 1.82) is 0 Å². The first-order chi connectivity index (χ1) is 15.9. The average molecular weight is 441 g/mol. The maximum absolute atomic E-state index is 12.4. The molecular formula is C26H28N6O. The van der Waals surface area contributed by atoms with Gasteiger partial charge in [0.1, 0.15) is 0 Å². The zero-order valence-corrected chi connectivity index (χ0v) is 19.3. The topological polar surface area (TPSA) is 68.3 Å². The molecule has 3 aromatic heterocycles. The Bertz CT molecular complexity index is 1320. The maximum Gasteiger partial charge on any atom is 0.185 e. The zero-order chi connectivity index (χ0) is 23.1. The van der Waals surface area contributed by atoms with Gasteiger partial charge in [0.2, 0.25) is 0 Å². The fraction of sp³-hybridized carbons (Fsp3) is 0.308. The molecule has 0 aliphatic heterocycles. The number of benzene rings is 1. The highest BCUT2D eigenvalue weighted by molar-refractivity contribution is 6.20. The number of nitrogens with zero attached hydrogens (tertiary/aromatic N) is 6. The molecular weight excluding hydrogens is 412 g/mol. The van der Waals surface area contributed by atoms with E-state index in [1.165, 1.54) is 5.56 Å². The van der Waals surface area contributed by atoms with Crippen LogP contribution in [0.3, 0.4) is 0 Å². The molecule has 0 spiro atoms. The molecule has 1 fully saturated rings. The number of rotatable bonds is 8. The van der Waals surface area contributed by atoms with Gasteiger partial charge in [0.05, 0.1) is 17.0 Å². The molecule has 0 atom stereocenters. The molecule has 0 unspecified atom stereocenters. The SMILES string of the molecule is C=C(C(=O)C1CC1)c1nc2cccc(-c3ccc(CN(C)Cc4cc(C)n(C)n4)cc3)n2n1. The second kappa shape index (κ2) is 8.41. The van der Waals surface area contributed by atoms with Crippen LogP contribution in [0.5, 0.6) is 0 Å². The number of aromatic nitrogens is 5. The number of hydrogen-bond donors (Lipinski definition) is 0. The lowest BCUT2D eigenvalue weighted by Crippen LogP contribution is -2.17. The zero-order valence-electron chi connectivity index (χ0n) is 19.3. The first kappa shape index (κ1) is 21.3. The summed E-state index contributed by atoms with van der Waals surface area (Å²) in [6.07, 6.45) is 1.89. The lowest BCUT2D eigenvalue weighted by molar-refractivity contribution is -0.114. The Morgan fingerprint density at radius 1 is 1.12 bits per heavy atom. The second-order valence-corrected chi connectivity index (χ2v) is 9.00. The standard InChI is InChI=1S/C26H28N6O/c1-17-14-22(28-31(17)4)16-30(3)15-19-8-10-20(11-9-19)23-6-5-7-24-27-26(29-32(23)24)18(2)25(33)21-12-13-21/h5-11,14,21H,2,12-13,15-16H2,1,3-4H3. The number of aryl methyl sites for hydroxylation is 2. The summed E-state index contributed by atoms with van der Waals surface area (Å²) in [4.78, 5) is 19.2. The maximum atomic E-state index is 12.4. The summed E-state index contributed by atoms with van der Waals surface area (Å²) in [6.45, 7) is 7.65. The van der Waals surface area contributed by atoms with Crippen LogP contribution >= 0.6 is 0 Å². The van der Waals surface area contributed by atoms with Crippen molar-refractivity contribution in [3.63, 3.8) is 0 Å². The van der Waals surface area contributed by atoms with Crippen molar-refractivity contribution in [1.82, 2.24) is 29.3 Å². The summed E-state index contributed by atoms with van der Waals surface area (Å²) in [7, 11) is 4.07. The van der Waals surface area contributed by atoms with E-state index in [1.54, 1.807) is 4.52 Å². The molecule has 0 saturated heterocycles. The highest BCUT2D eigenvalue weighted by atomic mass is 16.1. The first-order valence-corrected chi connectivity index (χ1v) is 11.3. The van der Waals surface area contributed by atoms with Gasteiger partial charge < -0.3 is 0 Å².